The molecule has 0 N–H and O–H groups in total. The summed E-state index contributed by atoms with van der Waals surface area (Å²) in [6.07, 6.45) is 1.21. The topological polar surface area (TPSA) is 59.9 Å². The van der Waals surface area contributed by atoms with E-state index in [-0.39, 0.29) is 11.4 Å². The van der Waals surface area contributed by atoms with Gasteiger partial charge in [0.15, 0.2) is 12.6 Å². The lowest BCUT2D eigenvalue weighted by Crippen LogP contribution is -1.94. The summed E-state index contributed by atoms with van der Waals surface area (Å²) in [5.74, 6) is 0. The molecule has 0 bridgehead atoms. The number of carbonyl (C=O) groups is 2. The molecule has 0 saturated heterocycles. The lowest BCUT2D eigenvalue weighted by atomic mass is 10.1. The second-order valence-corrected chi connectivity index (χ2v) is 4.97. The van der Waals surface area contributed by atoms with Crippen LogP contribution in [0.3, 0.4) is 0 Å². The van der Waals surface area contributed by atoms with Crippen LogP contribution in [0.15, 0.2) is 24.3 Å². The van der Waals surface area contributed by atoms with Crippen molar-refractivity contribution in [1.82, 2.24) is 9.97 Å². The molecule has 2 heterocycles. The van der Waals surface area contributed by atoms with Crippen LogP contribution in [0.5, 0.6) is 0 Å². The highest BCUT2D eigenvalue weighted by Gasteiger charge is 2.12. The van der Waals surface area contributed by atoms with E-state index in [4.69, 9.17) is 23.2 Å². The van der Waals surface area contributed by atoms with E-state index in [1.54, 1.807) is 12.1 Å². The van der Waals surface area contributed by atoms with Crippen LogP contribution in [0.25, 0.3) is 21.8 Å². The molecule has 6 heteroatoms. The van der Waals surface area contributed by atoms with Gasteiger partial charge in [-0.1, -0.05) is 35.3 Å². The molecule has 0 unspecified atom stereocenters. The third-order valence-electron chi connectivity index (χ3n) is 2.94. The number of fused-ring (bicyclic) bond motifs is 3. The van der Waals surface area contributed by atoms with Crippen LogP contribution < -0.4 is 0 Å². The Labute approximate surface area is 123 Å². The molecule has 2 aromatic heterocycles. The largest absolute Gasteiger partial charge is 0.296 e. The highest BCUT2D eigenvalue weighted by atomic mass is 35.5. The second kappa shape index (κ2) is 4.81. The summed E-state index contributed by atoms with van der Waals surface area (Å²) in [7, 11) is 0. The molecule has 3 rings (SSSR count). The second-order valence-electron chi connectivity index (χ2n) is 4.15. The van der Waals surface area contributed by atoms with Crippen molar-refractivity contribution in [3.8, 4) is 0 Å². The minimum Gasteiger partial charge on any atom is -0.296 e. The maximum absolute atomic E-state index is 10.9. The molecule has 0 aliphatic rings. The third-order valence-corrected chi connectivity index (χ3v) is 3.56. The Morgan fingerprint density at radius 2 is 1.20 bits per heavy atom. The van der Waals surface area contributed by atoms with Crippen LogP contribution in [0.2, 0.25) is 10.0 Å². The Hall–Kier alpha value is -2.04. The lowest BCUT2D eigenvalue weighted by Gasteiger charge is -2.07. The number of pyridine rings is 2. The van der Waals surface area contributed by atoms with E-state index in [9.17, 15) is 9.59 Å². The molecule has 0 atom stereocenters. The van der Waals surface area contributed by atoms with Gasteiger partial charge in [0.2, 0.25) is 0 Å². The van der Waals surface area contributed by atoms with Crippen molar-refractivity contribution >= 4 is 57.6 Å². The zero-order chi connectivity index (χ0) is 14.3. The van der Waals surface area contributed by atoms with E-state index >= 15 is 0 Å². The highest BCUT2D eigenvalue weighted by Crippen LogP contribution is 2.31. The Balaban J connectivity index is 2.56. The van der Waals surface area contributed by atoms with Crippen LogP contribution in [0, 0.1) is 0 Å². The van der Waals surface area contributed by atoms with Crippen molar-refractivity contribution in [3.63, 3.8) is 0 Å². The van der Waals surface area contributed by atoms with Gasteiger partial charge in [0.1, 0.15) is 11.4 Å². The first-order chi connectivity index (χ1) is 9.63. The van der Waals surface area contributed by atoms with E-state index in [0.717, 1.165) is 0 Å². The van der Waals surface area contributed by atoms with E-state index in [0.29, 0.717) is 44.4 Å². The summed E-state index contributed by atoms with van der Waals surface area (Å²) >= 11 is 12.3. The average Bonchev–Trinajstić information content (AvgIpc) is 2.46. The zero-order valence-electron chi connectivity index (χ0n) is 9.93. The van der Waals surface area contributed by atoms with Crippen molar-refractivity contribution in [3.05, 3.63) is 45.7 Å². The lowest BCUT2D eigenvalue weighted by molar-refractivity contribution is 0.111. The van der Waals surface area contributed by atoms with Crippen molar-refractivity contribution in [2.45, 2.75) is 0 Å². The van der Waals surface area contributed by atoms with Gasteiger partial charge in [-0.2, -0.15) is 0 Å². The summed E-state index contributed by atoms with van der Waals surface area (Å²) in [6.45, 7) is 0. The first-order valence-corrected chi connectivity index (χ1v) is 6.39. The van der Waals surface area contributed by atoms with E-state index in [2.05, 4.69) is 9.97 Å². The fourth-order valence-corrected chi connectivity index (χ4v) is 2.58. The Morgan fingerprint density at radius 3 is 1.55 bits per heavy atom. The van der Waals surface area contributed by atoms with Gasteiger partial charge in [-0.15, -0.1) is 0 Å². The Bertz CT molecular complexity index is 805. The average molecular weight is 305 g/mol. The normalized spacial score (nSPS) is 10.9. The van der Waals surface area contributed by atoms with Crippen molar-refractivity contribution in [2.24, 2.45) is 0 Å². The number of carbonyl (C=O) groups excluding carboxylic acids is 2. The minimum atomic E-state index is 0.199. The zero-order valence-corrected chi connectivity index (χ0v) is 11.4. The van der Waals surface area contributed by atoms with Gasteiger partial charge in [0.25, 0.3) is 0 Å². The highest BCUT2D eigenvalue weighted by molar-refractivity contribution is 6.38. The molecule has 0 spiro atoms. The number of hydrogen-bond donors (Lipinski definition) is 0. The van der Waals surface area contributed by atoms with Gasteiger partial charge in [-0.05, 0) is 12.1 Å². The summed E-state index contributed by atoms with van der Waals surface area (Å²) in [4.78, 5) is 30.2. The van der Waals surface area contributed by atoms with Crippen LogP contribution in [0.4, 0.5) is 0 Å². The van der Waals surface area contributed by atoms with Gasteiger partial charge in [-0.25, -0.2) is 9.97 Å². The predicted octanol–water partition coefficient (Wildman–Crippen LogP) is 3.71. The van der Waals surface area contributed by atoms with E-state index < -0.39 is 0 Å². The van der Waals surface area contributed by atoms with E-state index in [1.807, 2.05) is 0 Å². The predicted molar refractivity (Wildman–Crippen MR) is 77.8 cm³/mol. The van der Waals surface area contributed by atoms with Gasteiger partial charge in [0, 0.05) is 10.8 Å². The number of benzene rings is 1. The maximum atomic E-state index is 10.9. The molecule has 0 aliphatic carbocycles. The molecule has 1 aromatic carbocycles. The fraction of sp³-hybridized carbons (Fsp3) is 0. The first-order valence-electron chi connectivity index (χ1n) is 5.64. The molecular weight excluding hydrogens is 299 g/mol. The molecule has 20 heavy (non-hydrogen) atoms. The van der Waals surface area contributed by atoms with Gasteiger partial charge in [-0.3, -0.25) is 9.59 Å². The molecule has 0 saturated carbocycles. The van der Waals surface area contributed by atoms with Crippen molar-refractivity contribution in [2.75, 3.05) is 0 Å². The van der Waals surface area contributed by atoms with Gasteiger partial charge >= 0.3 is 0 Å². The first kappa shape index (κ1) is 13.0. The number of rotatable bonds is 2. The molecule has 98 valence electrons. The molecule has 4 nitrogen and oxygen atoms in total. The number of hydrogen-bond acceptors (Lipinski definition) is 4. The van der Waals surface area contributed by atoms with Gasteiger partial charge < -0.3 is 0 Å². The summed E-state index contributed by atoms with van der Waals surface area (Å²) in [5.41, 5.74) is 1.29. The fourth-order valence-electron chi connectivity index (χ4n) is 2.05. The molecular formula is C14H6Cl2N2O2. The molecule has 0 aliphatic heterocycles. The van der Waals surface area contributed by atoms with Gasteiger partial charge in [0.05, 0.1) is 21.1 Å². The summed E-state index contributed by atoms with van der Waals surface area (Å²) < 4.78 is 0. The maximum Gasteiger partial charge on any atom is 0.168 e. The number of aldehydes is 2. The summed E-state index contributed by atoms with van der Waals surface area (Å²) in [5, 5.41) is 2.09. The third kappa shape index (κ3) is 1.94. The number of halogens is 2. The number of aromatic nitrogens is 2. The Kier molecular flexibility index (Phi) is 3.12. The molecule has 0 radical (unpaired) electrons. The van der Waals surface area contributed by atoms with E-state index in [1.165, 1.54) is 12.1 Å². The molecule has 0 fully saturated rings. The standard InChI is InChI=1S/C14H6Cl2N2O2/c15-11-3-7(5-19)17-13-9(11)1-2-10-12(16)4-8(6-20)18-14(10)13/h1-6H. The van der Waals surface area contributed by atoms with Crippen LogP contribution in [-0.4, -0.2) is 22.5 Å². The Morgan fingerprint density at radius 1 is 0.800 bits per heavy atom. The number of nitrogens with zero attached hydrogens (tertiary/aromatic N) is 2. The SMILES string of the molecule is O=Cc1cc(Cl)c2ccc3c(Cl)cc(C=O)nc3c2n1. The summed E-state index contributed by atoms with van der Waals surface area (Å²) in [6, 6.07) is 6.48. The van der Waals surface area contributed by atoms with Crippen LogP contribution in [-0.2, 0) is 0 Å². The van der Waals surface area contributed by atoms with Crippen molar-refractivity contribution in [1.29, 1.82) is 0 Å². The molecule has 3 aromatic rings. The smallest absolute Gasteiger partial charge is 0.168 e. The van der Waals surface area contributed by atoms with Crippen molar-refractivity contribution < 1.29 is 9.59 Å². The quantitative estimate of drug-likeness (QED) is 0.535. The van der Waals surface area contributed by atoms with Crippen LogP contribution in [0.1, 0.15) is 21.0 Å². The van der Waals surface area contributed by atoms with Crippen LogP contribution >= 0.6 is 23.2 Å². The molecule has 0 amide bonds. The monoisotopic (exact) mass is 304 g/mol. The minimum absolute atomic E-state index is 0.199.